The molecular formula is C26H39BN2O5. The molecule has 1 saturated heterocycles. The minimum atomic E-state index is -0.750. The van der Waals surface area contributed by atoms with Crippen molar-refractivity contribution >= 4 is 19.1 Å². The van der Waals surface area contributed by atoms with Gasteiger partial charge in [0.15, 0.2) is 0 Å². The Labute approximate surface area is 203 Å². The van der Waals surface area contributed by atoms with Crippen LogP contribution in [0, 0.1) is 17.3 Å². The molecule has 6 atom stereocenters. The maximum Gasteiger partial charge on any atom is 0.460 e. The third kappa shape index (κ3) is 4.85. The van der Waals surface area contributed by atoms with E-state index in [4.69, 9.17) is 14.0 Å². The van der Waals surface area contributed by atoms with Gasteiger partial charge in [-0.2, -0.15) is 0 Å². The molecule has 5 rings (SSSR count). The van der Waals surface area contributed by atoms with E-state index in [2.05, 4.69) is 31.4 Å². The predicted molar refractivity (Wildman–Crippen MR) is 131 cm³/mol. The van der Waals surface area contributed by atoms with E-state index in [0.717, 1.165) is 12.0 Å². The van der Waals surface area contributed by atoms with Crippen LogP contribution in [-0.4, -0.2) is 42.5 Å². The first-order chi connectivity index (χ1) is 15.8. The van der Waals surface area contributed by atoms with E-state index in [1.807, 2.05) is 30.3 Å². The molecule has 2 N–H and O–H groups in total. The van der Waals surface area contributed by atoms with Gasteiger partial charge in [0.1, 0.15) is 11.6 Å². The maximum atomic E-state index is 13.0. The summed E-state index contributed by atoms with van der Waals surface area (Å²) in [6.07, 6.45) is 2.19. The van der Waals surface area contributed by atoms with E-state index < -0.39 is 24.9 Å². The van der Waals surface area contributed by atoms with Gasteiger partial charge in [-0.05, 0) is 70.3 Å². The summed E-state index contributed by atoms with van der Waals surface area (Å²) in [5, 5.41) is 5.71. The number of alkyl carbamates (subject to hydrolysis) is 1. The Morgan fingerprint density at radius 3 is 2.44 bits per heavy atom. The second-order valence-corrected chi connectivity index (χ2v) is 12.0. The molecule has 0 unspecified atom stereocenters. The van der Waals surface area contributed by atoms with Crippen LogP contribution in [0.25, 0.3) is 0 Å². The maximum absolute atomic E-state index is 13.0. The van der Waals surface area contributed by atoms with Crippen molar-refractivity contribution < 1.29 is 23.6 Å². The molecule has 186 valence electrons. The first-order valence-electron chi connectivity index (χ1n) is 12.5. The lowest BCUT2D eigenvalue weighted by Gasteiger charge is -2.64. The molecule has 1 aromatic rings. The van der Waals surface area contributed by atoms with Gasteiger partial charge in [-0.25, -0.2) is 4.79 Å². The molecule has 3 aliphatic carbocycles. The van der Waals surface area contributed by atoms with Gasteiger partial charge < -0.3 is 24.7 Å². The van der Waals surface area contributed by atoms with Crippen molar-refractivity contribution in [1.29, 1.82) is 0 Å². The number of nitrogens with one attached hydrogen (secondary N) is 2. The number of ether oxygens (including phenoxy) is 1. The molecule has 4 fully saturated rings. The summed E-state index contributed by atoms with van der Waals surface area (Å²) < 4.78 is 18.3. The Morgan fingerprint density at radius 2 is 1.82 bits per heavy atom. The second kappa shape index (κ2) is 8.87. The van der Waals surface area contributed by atoms with E-state index in [0.29, 0.717) is 18.2 Å². The SMILES string of the molecule is C[C@H](NC(=O)OC(C)(C)C)C(=O)N[C@@H](CB1O[C@H]2C[C@H]3C[C@H](C3(C)C)[C@@]2(C)O1)c1ccccc1. The quantitative estimate of drug-likeness (QED) is 0.599. The van der Waals surface area contributed by atoms with Crippen molar-refractivity contribution in [2.75, 3.05) is 0 Å². The molecular weight excluding hydrogens is 431 g/mol. The fraction of sp³-hybridized carbons (Fsp3) is 0.692. The predicted octanol–water partition coefficient (Wildman–Crippen LogP) is 4.49. The summed E-state index contributed by atoms with van der Waals surface area (Å²) in [6.45, 7) is 13.9. The number of benzene rings is 1. The third-order valence-electron chi connectivity index (χ3n) is 8.07. The average Bonchev–Trinajstić information content (AvgIpc) is 3.07. The van der Waals surface area contributed by atoms with Crippen LogP contribution in [0.3, 0.4) is 0 Å². The molecule has 2 amide bonds. The molecule has 0 radical (unpaired) electrons. The molecule has 7 nitrogen and oxygen atoms in total. The molecule has 0 aromatic heterocycles. The van der Waals surface area contributed by atoms with Crippen molar-refractivity contribution in [3.63, 3.8) is 0 Å². The van der Waals surface area contributed by atoms with E-state index in [-0.39, 0.29) is 29.1 Å². The highest BCUT2D eigenvalue weighted by molar-refractivity contribution is 6.45. The molecule has 0 spiro atoms. The molecule has 1 aromatic carbocycles. The zero-order valence-electron chi connectivity index (χ0n) is 21.5. The largest absolute Gasteiger partial charge is 0.460 e. The number of carbonyl (C=O) groups excluding carboxylic acids is 2. The lowest BCUT2D eigenvalue weighted by molar-refractivity contribution is -0.199. The van der Waals surface area contributed by atoms with Gasteiger partial charge in [-0.3, -0.25) is 4.79 Å². The van der Waals surface area contributed by atoms with Crippen molar-refractivity contribution in [2.45, 2.75) is 97.0 Å². The molecule has 2 bridgehead atoms. The highest BCUT2D eigenvalue weighted by atomic mass is 16.7. The molecule has 4 aliphatic rings. The van der Waals surface area contributed by atoms with Crippen LogP contribution < -0.4 is 10.6 Å². The molecule has 1 heterocycles. The Morgan fingerprint density at radius 1 is 1.15 bits per heavy atom. The molecule has 34 heavy (non-hydrogen) atoms. The van der Waals surface area contributed by atoms with Gasteiger partial charge in [0.25, 0.3) is 0 Å². The minimum Gasteiger partial charge on any atom is -0.444 e. The fourth-order valence-corrected chi connectivity index (χ4v) is 6.05. The van der Waals surface area contributed by atoms with Gasteiger partial charge in [0.05, 0.1) is 17.7 Å². The summed E-state index contributed by atoms with van der Waals surface area (Å²) in [7, 11) is -0.398. The lowest BCUT2D eigenvalue weighted by atomic mass is 9.43. The number of amides is 2. The van der Waals surface area contributed by atoms with E-state index in [1.165, 1.54) is 6.42 Å². The molecule has 1 aliphatic heterocycles. The highest BCUT2D eigenvalue weighted by Gasteiger charge is 2.67. The smallest absolute Gasteiger partial charge is 0.444 e. The van der Waals surface area contributed by atoms with Gasteiger partial charge in [-0.15, -0.1) is 0 Å². The van der Waals surface area contributed by atoms with Gasteiger partial charge >= 0.3 is 13.2 Å². The zero-order valence-corrected chi connectivity index (χ0v) is 21.5. The number of hydrogen-bond acceptors (Lipinski definition) is 5. The summed E-state index contributed by atoms with van der Waals surface area (Å²) in [4.78, 5) is 25.1. The number of rotatable bonds is 6. The van der Waals surface area contributed by atoms with Gasteiger partial charge in [0.2, 0.25) is 5.91 Å². The van der Waals surface area contributed by atoms with Crippen LogP contribution in [-0.2, 0) is 18.8 Å². The van der Waals surface area contributed by atoms with E-state index in [9.17, 15) is 9.59 Å². The summed E-state index contributed by atoms with van der Waals surface area (Å²) in [6, 6.07) is 8.76. The topological polar surface area (TPSA) is 85.9 Å². The van der Waals surface area contributed by atoms with Gasteiger partial charge in [-0.1, -0.05) is 44.2 Å². The number of carbonyl (C=O) groups is 2. The van der Waals surface area contributed by atoms with Crippen molar-refractivity contribution in [3.05, 3.63) is 35.9 Å². The summed E-state index contributed by atoms with van der Waals surface area (Å²) >= 11 is 0. The molecule has 8 heteroatoms. The Balaban J connectivity index is 1.43. The van der Waals surface area contributed by atoms with Crippen molar-refractivity contribution in [3.8, 4) is 0 Å². The first-order valence-corrected chi connectivity index (χ1v) is 12.5. The highest BCUT2D eigenvalue weighted by Crippen LogP contribution is 2.65. The van der Waals surface area contributed by atoms with Crippen molar-refractivity contribution in [2.24, 2.45) is 17.3 Å². The Bertz CT molecular complexity index is 918. The lowest BCUT2D eigenvalue weighted by Crippen LogP contribution is -2.65. The average molecular weight is 470 g/mol. The second-order valence-electron chi connectivity index (χ2n) is 12.0. The minimum absolute atomic E-state index is 0.0918. The fourth-order valence-electron chi connectivity index (χ4n) is 6.05. The standard InChI is InChI=1S/C26H39BN2O5/c1-16(28-23(31)32-24(2,3)4)22(30)29-19(17-11-9-8-10-12-17)15-27-33-21-14-18-13-20(25(18,5)6)26(21,7)34-27/h8-12,16,18-21H,13-15H2,1-7H3,(H,28,31)(H,29,30)/t16-,18+,19-,20+,21-,26+/m0/s1. The van der Waals surface area contributed by atoms with Gasteiger partial charge in [0, 0.05) is 6.32 Å². The zero-order chi connectivity index (χ0) is 24.9. The van der Waals surface area contributed by atoms with Crippen LogP contribution in [0.2, 0.25) is 6.32 Å². The summed E-state index contributed by atoms with van der Waals surface area (Å²) in [5.74, 6) is 0.878. The van der Waals surface area contributed by atoms with E-state index in [1.54, 1.807) is 27.7 Å². The van der Waals surface area contributed by atoms with Crippen LogP contribution in [0.4, 0.5) is 4.79 Å². The molecule has 3 saturated carbocycles. The third-order valence-corrected chi connectivity index (χ3v) is 8.07. The monoisotopic (exact) mass is 470 g/mol. The summed E-state index contributed by atoms with van der Waals surface area (Å²) in [5.41, 5.74) is 0.322. The van der Waals surface area contributed by atoms with E-state index >= 15 is 0 Å². The van der Waals surface area contributed by atoms with Crippen LogP contribution in [0.15, 0.2) is 30.3 Å². The first kappa shape index (κ1) is 25.1. The Kier molecular flexibility index (Phi) is 6.53. The van der Waals surface area contributed by atoms with Crippen LogP contribution >= 0.6 is 0 Å². The normalized spacial score (nSPS) is 31.0. The van der Waals surface area contributed by atoms with Crippen molar-refractivity contribution in [1.82, 2.24) is 10.6 Å². The number of hydrogen-bond donors (Lipinski definition) is 2. The Hall–Kier alpha value is -2.06. The van der Waals surface area contributed by atoms with Crippen LogP contribution in [0.1, 0.15) is 72.9 Å². The van der Waals surface area contributed by atoms with Crippen LogP contribution in [0.5, 0.6) is 0 Å².